The fourth-order valence-corrected chi connectivity index (χ4v) is 0.839. The van der Waals surface area contributed by atoms with Gasteiger partial charge in [0.2, 0.25) is 0 Å². The van der Waals surface area contributed by atoms with Crippen LogP contribution in [0.3, 0.4) is 0 Å². The molecule has 0 aromatic heterocycles. The van der Waals surface area contributed by atoms with Crippen molar-refractivity contribution in [1.29, 1.82) is 0 Å². The smallest absolute Gasteiger partial charge is 0.143 e. The molecule has 0 aliphatic heterocycles. The number of rotatable bonds is 1. The van der Waals surface area contributed by atoms with Crippen molar-refractivity contribution in [3.05, 3.63) is 36.1 Å². The summed E-state index contributed by atoms with van der Waals surface area (Å²) < 4.78 is 0. The minimum atomic E-state index is 0.397. The van der Waals surface area contributed by atoms with Crippen LogP contribution < -0.4 is 5.90 Å². The van der Waals surface area contributed by atoms with Gasteiger partial charge >= 0.3 is 0 Å². The van der Waals surface area contributed by atoms with E-state index < -0.39 is 0 Å². The molecule has 0 spiro atoms. The van der Waals surface area contributed by atoms with Crippen molar-refractivity contribution < 1.29 is 4.84 Å². The van der Waals surface area contributed by atoms with Gasteiger partial charge in [-0.2, -0.15) is 5.90 Å². The third kappa shape index (κ3) is 1.74. The maximum atomic E-state index is 4.99. The van der Waals surface area contributed by atoms with Crippen LogP contribution in [0.15, 0.2) is 36.1 Å². The zero-order chi connectivity index (χ0) is 7.40. The molecule has 1 unspecified atom stereocenters. The lowest BCUT2D eigenvalue weighted by Gasteiger charge is -1.99. The summed E-state index contributed by atoms with van der Waals surface area (Å²) in [6, 6.07) is 0. The summed E-state index contributed by atoms with van der Waals surface area (Å²) >= 11 is 0. The van der Waals surface area contributed by atoms with E-state index in [0.29, 0.717) is 5.92 Å². The Bertz CT molecular complexity index is 191. The van der Waals surface area contributed by atoms with E-state index in [-0.39, 0.29) is 0 Å². The van der Waals surface area contributed by atoms with Gasteiger partial charge in [0.1, 0.15) is 5.76 Å². The summed E-state index contributed by atoms with van der Waals surface area (Å²) in [7, 11) is 0. The first-order valence-corrected chi connectivity index (χ1v) is 3.26. The van der Waals surface area contributed by atoms with Gasteiger partial charge in [-0.15, -0.1) is 0 Å². The van der Waals surface area contributed by atoms with E-state index in [1.807, 2.05) is 24.3 Å². The summed E-state index contributed by atoms with van der Waals surface area (Å²) in [6.07, 6.45) is 9.75. The van der Waals surface area contributed by atoms with Crippen LogP contribution in [0.4, 0.5) is 0 Å². The van der Waals surface area contributed by atoms with Crippen LogP contribution in [-0.4, -0.2) is 0 Å². The van der Waals surface area contributed by atoms with Crippen LogP contribution in [0.25, 0.3) is 0 Å². The van der Waals surface area contributed by atoms with Gasteiger partial charge in [0.05, 0.1) is 0 Å². The molecule has 54 valence electrons. The highest BCUT2D eigenvalue weighted by molar-refractivity contribution is 5.23. The fraction of sp³-hybridized carbons (Fsp3) is 0.250. The topological polar surface area (TPSA) is 35.2 Å². The highest BCUT2D eigenvalue weighted by atomic mass is 16.6. The lowest BCUT2D eigenvalue weighted by Crippen LogP contribution is -1.97. The van der Waals surface area contributed by atoms with E-state index in [1.54, 1.807) is 0 Å². The van der Waals surface area contributed by atoms with E-state index in [4.69, 9.17) is 5.90 Å². The number of hydrogen-bond acceptors (Lipinski definition) is 2. The molecule has 1 atom stereocenters. The molecule has 0 heterocycles. The lowest BCUT2D eigenvalue weighted by atomic mass is 10.1. The lowest BCUT2D eigenvalue weighted by molar-refractivity contribution is 0.232. The van der Waals surface area contributed by atoms with Gasteiger partial charge in [0, 0.05) is 0 Å². The normalized spacial score (nSPS) is 23.8. The Morgan fingerprint density at radius 1 is 1.50 bits per heavy atom. The van der Waals surface area contributed by atoms with Gasteiger partial charge in [-0.25, -0.2) is 0 Å². The Labute approximate surface area is 60.6 Å². The highest BCUT2D eigenvalue weighted by Crippen LogP contribution is 2.09. The average molecular weight is 137 g/mol. The van der Waals surface area contributed by atoms with Crippen LogP contribution in [0, 0.1) is 5.92 Å². The first-order valence-electron chi connectivity index (χ1n) is 3.26. The molecule has 0 fully saturated rings. The van der Waals surface area contributed by atoms with E-state index in [2.05, 4.69) is 17.8 Å². The molecule has 2 N–H and O–H groups in total. The summed E-state index contributed by atoms with van der Waals surface area (Å²) in [6.45, 7) is 2.07. The van der Waals surface area contributed by atoms with Crippen molar-refractivity contribution in [2.24, 2.45) is 11.8 Å². The zero-order valence-corrected chi connectivity index (χ0v) is 5.95. The number of allylic oxidation sites excluding steroid dienone is 5. The van der Waals surface area contributed by atoms with Crippen molar-refractivity contribution in [1.82, 2.24) is 0 Å². The molecule has 0 saturated carbocycles. The molecular weight excluding hydrogens is 126 g/mol. The van der Waals surface area contributed by atoms with Crippen molar-refractivity contribution in [2.75, 3.05) is 0 Å². The molecule has 0 bridgehead atoms. The molecule has 1 aliphatic carbocycles. The average Bonchev–Trinajstić information content (AvgIpc) is 2.13. The fourth-order valence-electron chi connectivity index (χ4n) is 0.839. The predicted octanol–water partition coefficient (Wildman–Crippen LogP) is 1.52. The molecule has 10 heavy (non-hydrogen) atoms. The predicted molar refractivity (Wildman–Crippen MR) is 40.8 cm³/mol. The van der Waals surface area contributed by atoms with Crippen molar-refractivity contribution in [2.45, 2.75) is 6.92 Å². The third-order valence-electron chi connectivity index (χ3n) is 1.35. The van der Waals surface area contributed by atoms with Gasteiger partial charge in [0.15, 0.2) is 0 Å². The molecule has 1 rings (SSSR count). The zero-order valence-electron chi connectivity index (χ0n) is 5.95. The minimum absolute atomic E-state index is 0.397. The van der Waals surface area contributed by atoms with Gasteiger partial charge in [-0.05, 0) is 18.1 Å². The van der Waals surface area contributed by atoms with Crippen molar-refractivity contribution in [3.63, 3.8) is 0 Å². The number of hydrogen-bond donors (Lipinski definition) is 1. The Balaban J connectivity index is 2.74. The summed E-state index contributed by atoms with van der Waals surface area (Å²) in [5.41, 5.74) is 0. The molecule has 2 heteroatoms. The first kappa shape index (κ1) is 7.09. The second-order valence-electron chi connectivity index (χ2n) is 2.29. The summed E-state index contributed by atoms with van der Waals surface area (Å²) in [4.78, 5) is 4.58. The highest BCUT2D eigenvalue weighted by Gasteiger charge is 1.97. The maximum absolute atomic E-state index is 4.99. The molecule has 0 aromatic carbocycles. The van der Waals surface area contributed by atoms with Crippen molar-refractivity contribution in [3.8, 4) is 0 Å². The number of nitrogens with two attached hydrogens (primary N) is 1. The van der Waals surface area contributed by atoms with Gasteiger partial charge in [0.25, 0.3) is 0 Å². The van der Waals surface area contributed by atoms with E-state index in [9.17, 15) is 0 Å². The molecule has 0 aromatic rings. The van der Waals surface area contributed by atoms with Crippen LogP contribution in [0.5, 0.6) is 0 Å². The Morgan fingerprint density at radius 3 is 3.00 bits per heavy atom. The van der Waals surface area contributed by atoms with Gasteiger partial charge < -0.3 is 4.84 Å². The molecular formula is C8H11NO. The quantitative estimate of drug-likeness (QED) is 0.556. The standard InChI is InChI=1S/C8H11NO/c1-7-4-2-3-5-8(6-7)10-9/h2-7H,9H2,1H3. The second kappa shape index (κ2) is 3.22. The SMILES string of the molecule is CC1C=CC=CC(ON)=C1. The first-order chi connectivity index (χ1) is 4.83. The van der Waals surface area contributed by atoms with Gasteiger partial charge in [-0.3, -0.25) is 0 Å². The molecule has 0 radical (unpaired) electrons. The third-order valence-corrected chi connectivity index (χ3v) is 1.35. The Morgan fingerprint density at radius 2 is 2.30 bits per heavy atom. The van der Waals surface area contributed by atoms with Crippen molar-refractivity contribution >= 4 is 0 Å². The van der Waals surface area contributed by atoms with Crippen LogP contribution in [-0.2, 0) is 4.84 Å². The molecule has 0 amide bonds. The molecule has 0 saturated heterocycles. The largest absolute Gasteiger partial charge is 0.412 e. The Kier molecular flexibility index (Phi) is 2.29. The van der Waals surface area contributed by atoms with E-state index >= 15 is 0 Å². The van der Waals surface area contributed by atoms with Crippen LogP contribution >= 0.6 is 0 Å². The Hall–Kier alpha value is -1.02. The molecule has 1 aliphatic rings. The monoisotopic (exact) mass is 137 g/mol. The van der Waals surface area contributed by atoms with Crippen LogP contribution in [0.2, 0.25) is 0 Å². The summed E-state index contributed by atoms with van der Waals surface area (Å²) in [5, 5.41) is 0. The maximum Gasteiger partial charge on any atom is 0.143 e. The van der Waals surface area contributed by atoms with Gasteiger partial charge in [-0.1, -0.05) is 25.2 Å². The van der Waals surface area contributed by atoms with Crippen LogP contribution in [0.1, 0.15) is 6.92 Å². The second-order valence-corrected chi connectivity index (χ2v) is 2.29. The minimum Gasteiger partial charge on any atom is -0.412 e. The van der Waals surface area contributed by atoms with E-state index in [1.165, 1.54) is 0 Å². The molecule has 2 nitrogen and oxygen atoms in total. The summed E-state index contributed by atoms with van der Waals surface area (Å²) in [5.74, 6) is 6.10. The van der Waals surface area contributed by atoms with E-state index in [0.717, 1.165) is 5.76 Å².